The van der Waals surface area contributed by atoms with E-state index >= 15 is 0 Å². The number of rotatable bonds is 6. The summed E-state index contributed by atoms with van der Waals surface area (Å²) >= 11 is 6.32. The number of carbonyl (C=O) groups is 1. The summed E-state index contributed by atoms with van der Waals surface area (Å²) in [6.45, 7) is 6.08. The molecule has 1 aliphatic rings. The number of halogens is 1. The second-order valence-electron chi connectivity index (χ2n) is 8.48. The Morgan fingerprint density at radius 2 is 1.91 bits per heavy atom. The van der Waals surface area contributed by atoms with Crippen molar-refractivity contribution < 1.29 is 14.6 Å². The summed E-state index contributed by atoms with van der Waals surface area (Å²) in [6.07, 6.45) is 1.34. The van der Waals surface area contributed by atoms with Crippen molar-refractivity contribution >= 4 is 17.7 Å². The third-order valence-corrected chi connectivity index (χ3v) is 6.45. The fourth-order valence-corrected chi connectivity index (χ4v) is 4.69. The van der Waals surface area contributed by atoms with E-state index in [1.165, 1.54) is 0 Å². The van der Waals surface area contributed by atoms with Crippen LogP contribution in [-0.2, 0) is 11.3 Å². The lowest BCUT2D eigenvalue weighted by Gasteiger charge is -2.39. The highest BCUT2D eigenvalue weighted by molar-refractivity contribution is 6.30. The van der Waals surface area contributed by atoms with E-state index in [-0.39, 0.29) is 29.5 Å². The number of piperazine rings is 1. The number of amides is 1. The van der Waals surface area contributed by atoms with Gasteiger partial charge in [-0.25, -0.2) is 4.79 Å². The van der Waals surface area contributed by atoms with Crippen molar-refractivity contribution in [3.63, 3.8) is 0 Å². The van der Waals surface area contributed by atoms with Gasteiger partial charge in [0.15, 0.2) is 0 Å². The smallest absolute Gasteiger partial charge is 0.409 e. The van der Waals surface area contributed by atoms with Gasteiger partial charge in [0.1, 0.15) is 5.75 Å². The predicted molar refractivity (Wildman–Crippen MR) is 134 cm³/mol. The van der Waals surface area contributed by atoms with E-state index in [0.717, 1.165) is 11.3 Å². The van der Waals surface area contributed by atoms with E-state index in [9.17, 15) is 14.7 Å². The SMILES string of the molecule is CCOC(=O)N1CCN(C(c2cccc(Cl)c2)c2c(O)cc(C)n(Cc3ccccn3)c2=O)CC1. The Morgan fingerprint density at radius 3 is 2.57 bits per heavy atom. The van der Waals surface area contributed by atoms with Crippen molar-refractivity contribution in [2.75, 3.05) is 32.8 Å². The van der Waals surface area contributed by atoms with Crippen molar-refractivity contribution in [1.29, 1.82) is 0 Å². The average molecular weight is 497 g/mol. The van der Waals surface area contributed by atoms with Gasteiger partial charge in [0.2, 0.25) is 0 Å². The molecule has 1 aromatic carbocycles. The molecule has 3 aromatic rings. The highest BCUT2D eigenvalue weighted by Gasteiger charge is 2.33. The van der Waals surface area contributed by atoms with Gasteiger partial charge in [-0.2, -0.15) is 0 Å². The Balaban J connectivity index is 1.75. The highest BCUT2D eigenvalue weighted by Crippen LogP contribution is 2.34. The number of hydrogen-bond donors (Lipinski definition) is 1. The molecule has 1 saturated heterocycles. The summed E-state index contributed by atoms with van der Waals surface area (Å²) in [4.78, 5) is 34.1. The number of carbonyl (C=O) groups excluding carboxylic acids is 1. The van der Waals surface area contributed by atoms with Crippen LogP contribution in [0.1, 0.15) is 35.5 Å². The number of aromatic nitrogens is 2. The molecule has 1 unspecified atom stereocenters. The Kier molecular flexibility index (Phi) is 7.73. The molecule has 184 valence electrons. The van der Waals surface area contributed by atoms with E-state index in [0.29, 0.717) is 43.5 Å². The van der Waals surface area contributed by atoms with Gasteiger partial charge in [0.25, 0.3) is 5.56 Å². The summed E-state index contributed by atoms with van der Waals surface area (Å²) in [5.74, 6) is -0.0671. The van der Waals surface area contributed by atoms with Gasteiger partial charge in [0.05, 0.1) is 30.5 Å². The first-order chi connectivity index (χ1) is 16.9. The number of hydrogen-bond acceptors (Lipinski definition) is 6. The number of aromatic hydroxyl groups is 1. The van der Waals surface area contributed by atoms with Crippen molar-refractivity contribution in [3.05, 3.63) is 92.6 Å². The standard InChI is InChI=1S/C26H29ClN4O4/c1-3-35-26(34)30-13-11-29(12-14-30)24(19-7-6-8-20(27)16-19)23-22(32)15-18(2)31(25(23)33)17-21-9-4-5-10-28-21/h4-10,15-16,24,32H,3,11-14,17H2,1-2H3. The van der Waals surface area contributed by atoms with Gasteiger partial charge in [-0.3, -0.25) is 14.7 Å². The molecule has 1 aliphatic heterocycles. The zero-order chi connectivity index (χ0) is 24.9. The first-order valence-corrected chi connectivity index (χ1v) is 12.0. The van der Waals surface area contributed by atoms with Crippen molar-refractivity contribution in [3.8, 4) is 5.75 Å². The van der Waals surface area contributed by atoms with Gasteiger partial charge in [-0.05, 0) is 49.7 Å². The van der Waals surface area contributed by atoms with E-state index in [4.69, 9.17) is 16.3 Å². The first kappa shape index (κ1) is 24.8. The molecule has 3 heterocycles. The summed E-state index contributed by atoms with van der Waals surface area (Å²) in [6, 6.07) is 14.0. The van der Waals surface area contributed by atoms with Gasteiger partial charge in [0, 0.05) is 43.1 Å². The third kappa shape index (κ3) is 5.49. The van der Waals surface area contributed by atoms with Crippen molar-refractivity contribution in [2.45, 2.75) is 26.4 Å². The number of benzene rings is 1. The summed E-state index contributed by atoms with van der Waals surface area (Å²) in [7, 11) is 0. The Labute approximate surface area is 209 Å². The van der Waals surface area contributed by atoms with E-state index < -0.39 is 6.04 Å². The van der Waals surface area contributed by atoms with Crippen LogP contribution < -0.4 is 5.56 Å². The number of aryl methyl sites for hydroxylation is 1. The minimum Gasteiger partial charge on any atom is -0.507 e. The van der Waals surface area contributed by atoms with Crippen LogP contribution in [0.15, 0.2) is 59.5 Å². The van der Waals surface area contributed by atoms with Crippen LogP contribution in [0.3, 0.4) is 0 Å². The van der Waals surface area contributed by atoms with E-state index in [1.807, 2.05) is 36.4 Å². The molecule has 4 rings (SSSR count). The minimum absolute atomic E-state index is 0.0671. The number of ether oxygens (including phenoxy) is 1. The van der Waals surface area contributed by atoms with Gasteiger partial charge in [-0.1, -0.05) is 29.8 Å². The lowest BCUT2D eigenvalue weighted by atomic mass is 9.96. The van der Waals surface area contributed by atoms with E-state index in [1.54, 1.807) is 41.6 Å². The fourth-order valence-electron chi connectivity index (χ4n) is 4.49. The summed E-state index contributed by atoms with van der Waals surface area (Å²) < 4.78 is 6.77. The van der Waals surface area contributed by atoms with Crippen LogP contribution in [0.4, 0.5) is 4.79 Å². The predicted octanol–water partition coefficient (Wildman–Crippen LogP) is 3.82. The largest absolute Gasteiger partial charge is 0.507 e. The molecule has 0 aliphatic carbocycles. The summed E-state index contributed by atoms with van der Waals surface area (Å²) in [5, 5.41) is 11.6. The highest BCUT2D eigenvalue weighted by atomic mass is 35.5. The average Bonchev–Trinajstić information content (AvgIpc) is 2.85. The van der Waals surface area contributed by atoms with Crippen LogP contribution in [0.5, 0.6) is 5.75 Å². The van der Waals surface area contributed by atoms with Crippen LogP contribution >= 0.6 is 11.6 Å². The summed E-state index contributed by atoms with van der Waals surface area (Å²) in [5.41, 5.74) is 2.17. The lowest BCUT2D eigenvalue weighted by molar-refractivity contribution is 0.0709. The second kappa shape index (κ2) is 10.9. The molecule has 0 saturated carbocycles. The number of nitrogens with zero attached hydrogens (tertiary/aromatic N) is 4. The Morgan fingerprint density at radius 1 is 1.14 bits per heavy atom. The Hall–Kier alpha value is -3.36. The molecular formula is C26H29ClN4O4. The molecule has 0 radical (unpaired) electrons. The molecule has 2 aromatic heterocycles. The molecule has 35 heavy (non-hydrogen) atoms. The lowest BCUT2D eigenvalue weighted by Crippen LogP contribution is -2.50. The van der Waals surface area contributed by atoms with Crippen molar-refractivity contribution in [1.82, 2.24) is 19.4 Å². The van der Waals surface area contributed by atoms with Gasteiger partial charge < -0.3 is 19.3 Å². The maximum absolute atomic E-state index is 13.8. The molecule has 1 atom stereocenters. The van der Waals surface area contributed by atoms with Crippen LogP contribution in [0.25, 0.3) is 0 Å². The Bertz CT molecular complexity index is 1240. The molecule has 1 fully saturated rings. The second-order valence-corrected chi connectivity index (χ2v) is 8.91. The maximum Gasteiger partial charge on any atom is 0.409 e. The first-order valence-electron chi connectivity index (χ1n) is 11.6. The third-order valence-electron chi connectivity index (χ3n) is 6.21. The monoisotopic (exact) mass is 496 g/mol. The van der Waals surface area contributed by atoms with Crippen LogP contribution in [0, 0.1) is 6.92 Å². The topological polar surface area (TPSA) is 87.9 Å². The maximum atomic E-state index is 13.8. The van der Waals surface area contributed by atoms with Gasteiger partial charge in [-0.15, -0.1) is 0 Å². The molecular weight excluding hydrogens is 468 g/mol. The minimum atomic E-state index is -0.541. The normalized spacial score (nSPS) is 15.1. The molecule has 1 amide bonds. The molecule has 8 nitrogen and oxygen atoms in total. The molecule has 0 spiro atoms. The molecule has 1 N–H and O–H groups in total. The quantitative estimate of drug-likeness (QED) is 0.558. The van der Waals surface area contributed by atoms with Crippen LogP contribution in [-0.4, -0.2) is 63.3 Å². The number of pyridine rings is 2. The van der Waals surface area contributed by atoms with E-state index in [2.05, 4.69) is 9.88 Å². The molecule has 0 bridgehead atoms. The fraction of sp³-hybridized carbons (Fsp3) is 0.346. The zero-order valence-corrected chi connectivity index (χ0v) is 20.6. The van der Waals surface area contributed by atoms with Crippen molar-refractivity contribution in [2.24, 2.45) is 0 Å². The zero-order valence-electron chi connectivity index (χ0n) is 19.9. The van der Waals surface area contributed by atoms with Crippen LogP contribution in [0.2, 0.25) is 5.02 Å². The molecule has 9 heteroatoms. The van der Waals surface area contributed by atoms with Gasteiger partial charge >= 0.3 is 6.09 Å².